The Balaban J connectivity index is 2.56. The van der Waals surface area contributed by atoms with Crippen LogP contribution in [0.5, 0.6) is 0 Å². The second-order valence-corrected chi connectivity index (χ2v) is 4.46. The predicted molar refractivity (Wildman–Crippen MR) is 57.6 cm³/mol. The summed E-state index contributed by atoms with van der Waals surface area (Å²) in [6.07, 6.45) is 0. The predicted octanol–water partition coefficient (Wildman–Crippen LogP) is 1.54. The molecule has 0 atom stereocenters. The standard InChI is InChI=1S/C8H8ClN3OS/c9-6-2-1-5(14-6)7-4(3-10)8(13)12-11-7/h1-2H,3,10H2,(H2,11,12,13). The van der Waals surface area contributed by atoms with Crippen LogP contribution < -0.4 is 11.3 Å². The van der Waals surface area contributed by atoms with Gasteiger partial charge in [0, 0.05) is 6.54 Å². The average molecular weight is 230 g/mol. The van der Waals surface area contributed by atoms with E-state index in [1.165, 1.54) is 11.3 Å². The molecule has 74 valence electrons. The molecule has 14 heavy (non-hydrogen) atoms. The van der Waals surface area contributed by atoms with Crippen molar-refractivity contribution in [3.05, 3.63) is 32.4 Å². The molecule has 4 nitrogen and oxygen atoms in total. The van der Waals surface area contributed by atoms with Crippen LogP contribution in [-0.2, 0) is 6.54 Å². The van der Waals surface area contributed by atoms with Crippen LogP contribution in [0.4, 0.5) is 0 Å². The molecule has 0 radical (unpaired) electrons. The minimum Gasteiger partial charge on any atom is -0.326 e. The quantitative estimate of drug-likeness (QED) is 0.731. The minimum atomic E-state index is -0.174. The molecule has 0 aliphatic rings. The van der Waals surface area contributed by atoms with Crippen molar-refractivity contribution in [3.8, 4) is 10.6 Å². The zero-order valence-electron chi connectivity index (χ0n) is 7.13. The Morgan fingerprint density at radius 2 is 2.21 bits per heavy atom. The summed E-state index contributed by atoms with van der Waals surface area (Å²) >= 11 is 7.20. The van der Waals surface area contributed by atoms with E-state index in [2.05, 4.69) is 10.2 Å². The van der Waals surface area contributed by atoms with Crippen LogP contribution >= 0.6 is 22.9 Å². The van der Waals surface area contributed by atoms with E-state index in [1.807, 2.05) is 6.07 Å². The number of rotatable bonds is 2. The monoisotopic (exact) mass is 229 g/mol. The van der Waals surface area contributed by atoms with Gasteiger partial charge in [0.15, 0.2) is 0 Å². The highest BCUT2D eigenvalue weighted by Crippen LogP contribution is 2.30. The van der Waals surface area contributed by atoms with Gasteiger partial charge >= 0.3 is 0 Å². The van der Waals surface area contributed by atoms with Crippen LogP contribution in [0.15, 0.2) is 16.9 Å². The highest BCUT2D eigenvalue weighted by atomic mass is 35.5. The molecule has 2 rings (SSSR count). The number of H-pyrrole nitrogens is 2. The second-order valence-electron chi connectivity index (χ2n) is 2.74. The first-order valence-electron chi connectivity index (χ1n) is 3.97. The van der Waals surface area contributed by atoms with Gasteiger partial charge in [-0.2, -0.15) is 0 Å². The molecule has 0 saturated heterocycles. The third kappa shape index (κ3) is 1.50. The van der Waals surface area contributed by atoms with E-state index in [1.54, 1.807) is 6.07 Å². The highest BCUT2D eigenvalue weighted by molar-refractivity contribution is 7.19. The molecule has 0 aromatic carbocycles. The summed E-state index contributed by atoms with van der Waals surface area (Å²) in [5.74, 6) is 0. The number of halogens is 1. The molecule has 6 heteroatoms. The van der Waals surface area contributed by atoms with Crippen LogP contribution in [0.1, 0.15) is 5.56 Å². The number of thiophene rings is 1. The fourth-order valence-corrected chi connectivity index (χ4v) is 2.31. The van der Waals surface area contributed by atoms with Crippen molar-refractivity contribution in [2.45, 2.75) is 6.54 Å². The van der Waals surface area contributed by atoms with Gasteiger partial charge in [-0.15, -0.1) is 11.3 Å². The molecule has 2 aromatic rings. The minimum absolute atomic E-state index is 0.174. The molecule has 0 unspecified atom stereocenters. The first-order chi connectivity index (χ1) is 6.72. The molecule has 2 aromatic heterocycles. The van der Waals surface area contributed by atoms with Crippen LogP contribution in [0.25, 0.3) is 10.6 Å². The van der Waals surface area contributed by atoms with Gasteiger partial charge in [-0.25, -0.2) is 0 Å². The van der Waals surface area contributed by atoms with Gasteiger partial charge in [-0.05, 0) is 12.1 Å². The average Bonchev–Trinajstić information content (AvgIpc) is 2.71. The van der Waals surface area contributed by atoms with Gasteiger partial charge in [0.2, 0.25) is 0 Å². The van der Waals surface area contributed by atoms with Gasteiger partial charge in [0.05, 0.1) is 20.5 Å². The zero-order valence-corrected chi connectivity index (χ0v) is 8.71. The summed E-state index contributed by atoms with van der Waals surface area (Å²) in [6, 6.07) is 3.64. The lowest BCUT2D eigenvalue weighted by molar-refractivity contribution is 1.04. The van der Waals surface area contributed by atoms with Crippen molar-refractivity contribution >= 4 is 22.9 Å². The molecule has 0 spiro atoms. The van der Waals surface area contributed by atoms with Gasteiger partial charge in [0.25, 0.3) is 5.56 Å². The molecule has 0 amide bonds. The lowest BCUT2D eigenvalue weighted by atomic mass is 10.2. The summed E-state index contributed by atoms with van der Waals surface area (Å²) in [7, 11) is 0. The normalized spacial score (nSPS) is 10.7. The molecule has 0 aliphatic heterocycles. The molecular weight excluding hydrogens is 222 g/mol. The highest BCUT2D eigenvalue weighted by Gasteiger charge is 2.11. The summed E-state index contributed by atoms with van der Waals surface area (Å²) in [5.41, 5.74) is 6.59. The van der Waals surface area contributed by atoms with Crippen molar-refractivity contribution in [2.75, 3.05) is 0 Å². The number of nitrogens with two attached hydrogens (primary N) is 1. The van der Waals surface area contributed by atoms with Crippen molar-refractivity contribution < 1.29 is 0 Å². The van der Waals surface area contributed by atoms with Gasteiger partial charge in [0.1, 0.15) is 0 Å². The van der Waals surface area contributed by atoms with E-state index >= 15 is 0 Å². The molecule has 0 aliphatic carbocycles. The van der Waals surface area contributed by atoms with E-state index < -0.39 is 0 Å². The zero-order chi connectivity index (χ0) is 10.1. The van der Waals surface area contributed by atoms with Crippen LogP contribution in [0, 0.1) is 0 Å². The van der Waals surface area contributed by atoms with E-state index in [0.717, 1.165) is 10.6 Å². The Kier molecular flexibility index (Phi) is 2.45. The molecule has 0 bridgehead atoms. The smallest absolute Gasteiger partial charge is 0.269 e. The van der Waals surface area contributed by atoms with Gasteiger partial charge in [-0.1, -0.05) is 11.6 Å². The van der Waals surface area contributed by atoms with E-state index in [0.29, 0.717) is 9.90 Å². The first kappa shape index (κ1) is 9.51. The maximum atomic E-state index is 11.3. The van der Waals surface area contributed by atoms with Crippen molar-refractivity contribution in [3.63, 3.8) is 0 Å². The van der Waals surface area contributed by atoms with Crippen molar-refractivity contribution in [2.24, 2.45) is 5.73 Å². The Morgan fingerprint density at radius 1 is 1.43 bits per heavy atom. The van der Waals surface area contributed by atoms with Crippen LogP contribution in [-0.4, -0.2) is 10.2 Å². The largest absolute Gasteiger partial charge is 0.326 e. The van der Waals surface area contributed by atoms with Gasteiger partial charge < -0.3 is 5.73 Å². The Morgan fingerprint density at radius 3 is 2.79 bits per heavy atom. The third-order valence-corrected chi connectivity index (χ3v) is 3.15. The fraction of sp³-hybridized carbons (Fsp3) is 0.125. The number of hydrogen-bond donors (Lipinski definition) is 3. The van der Waals surface area contributed by atoms with Crippen LogP contribution in [0.3, 0.4) is 0 Å². The Labute approximate surface area is 88.7 Å². The molecule has 0 fully saturated rings. The second kappa shape index (κ2) is 3.61. The summed E-state index contributed by atoms with van der Waals surface area (Å²) in [5, 5.41) is 5.29. The molecule has 2 heterocycles. The Hall–Kier alpha value is -1.04. The topological polar surface area (TPSA) is 74.7 Å². The van der Waals surface area contributed by atoms with E-state index in [9.17, 15) is 4.79 Å². The maximum absolute atomic E-state index is 11.3. The van der Waals surface area contributed by atoms with E-state index in [-0.39, 0.29) is 12.1 Å². The summed E-state index contributed by atoms with van der Waals surface area (Å²) < 4.78 is 0.685. The third-order valence-electron chi connectivity index (χ3n) is 1.90. The molecule has 4 N–H and O–H groups in total. The number of aromatic nitrogens is 2. The lowest BCUT2D eigenvalue weighted by Crippen LogP contribution is -2.10. The molecule has 0 saturated carbocycles. The summed E-state index contributed by atoms with van der Waals surface area (Å²) in [4.78, 5) is 12.2. The SMILES string of the molecule is NCc1c(-c2ccc(Cl)s2)[nH][nH]c1=O. The van der Waals surface area contributed by atoms with Crippen LogP contribution in [0.2, 0.25) is 4.34 Å². The first-order valence-corrected chi connectivity index (χ1v) is 5.17. The Bertz CT molecular complexity index is 499. The lowest BCUT2D eigenvalue weighted by Gasteiger charge is -1.94. The number of hydrogen-bond acceptors (Lipinski definition) is 3. The number of nitrogens with one attached hydrogen (secondary N) is 2. The van der Waals surface area contributed by atoms with Gasteiger partial charge in [-0.3, -0.25) is 15.0 Å². The maximum Gasteiger partial charge on any atom is 0.269 e. The number of aromatic amines is 2. The summed E-state index contributed by atoms with van der Waals surface area (Å²) in [6.45, 7) is 0.212. The fourth-order valence-electron chi connectivity index (χ4n) is 1.24. The van der Waals surface area contributed by atoms with Crippen molar-refractivity contribution in [1.29, 1.82) is 0 Å². The van der Waals surface area contributed by atoms with E-state index in [4.69, 9.17) is 17.3 Å². The molecular formula is C8H8ClN3OS. The van der Waals surface area contributed by atoms with Crippen molar-refractivity contribution in [1.82, 2.24) is 10.2 Å².